The number of nitrogens with zero attached hydrogens (tertiary/aromatic N) is 1. The maximum absolute atomic E-state index is 13.3. The van der Waals surface area contributed by atoms with E-state index in [0.29, 0.717) is 25.8 Å². The molecule has 0 saturated carbocycles. The Hall–Kier alpha value is -2.38. The third-order valence-corrected chi connectivity index (χ3v) is 8.23. The van der Waals surface area contributed by atoms with Crippen LogP contribution in [0, 0.1) is 19.8 Å². The summed E-state index contributed by atoms with van der Waals surface area (Å²) in [5, 5.41) is 3.21. The molecular weight excluding hydrogens is 424 g/mol. The number of fused-ring (bicyclic) bond motifs is 1. The number of carbonyl (C=O) groups excluding carboxylic acids is 1. The normalized spacial score (nSPS) is 23.1. The minimum Gasteiger partial charge on any atom is -0.487 e. The van der Waals surface area contributed by atoms with Crippen LogP contribution in [0.4, 0.5) is 0 Å². The van der Waals surface area contributed by atoms with Crippen molar-refractivity contribution < 1.29 is 17.9 Å². The molecule has 2 heterocycles. The van der Waals surface area contributed by atoms with E-state index in [-0.39, 0.29) is 29.3 Å². The highest BCUT2D eigenvalue weighted by molar-refractivity contribution is 7.89. The minimum atomic E-state index is -3.62. The van der Waals surface area contributed by atoms with Gasteiger partial charge < -0.3 is 10.1 Å². The summed E-state index contributed by atoms with van der Waals surface area (Å²) in [5.41, 5.74) is 2.71. The zero-order chi connectivity index (χ0) is 23.1. The number of rotatable bonds is 4. The van der Waals surface area contributed by atoms with Gasteiger partial charge >= 0.3 is 0 Å². The first-order chi connectivity index (χ1) is 15.0. The van der Waals surface area contributed by atoms with E-state index < -0.39 is 15.6 Å². The summed E-state index contributed by atoms with van der Waals surface area (Å²) in [6.07, 6.45) is 2.00. The topological polar surface area (TPSA) is 75.7 Å². The van der Waals surface area contributed by atoms with Gasteiger partial charge in [0.2, 0.25) is 15.9 Å². The highest BCUT2D eigenvalue weighted by Gasteiger charge is 2.38. The summed E-state index contributed by atoms with van der Waals surface area (Å²) in [4.78, 5) is 13.5. The number of sulfonamides is 1. The molecule has 2 aromatic rings. The van der Waals surface area contributed by atoms with E-state index in [1.165, 1.54) is 4.31 Å². The molecule has 1 N–H and O–H groups in total. The number of aryl methyl sites for hydroxylation is 2. The number of carbonyl (C=O) groups is 1. The molecule has 4 rings (SSSR count). The molecule has 2 unspecified atom stereocenters. The van der Waals surface area contributed by atoms with E-state index in [9.17, 15) is 13.2 Å². The minimum absolute atomic E-state index is 0.0936. The summed E-state index contributed by atoms with van der Waals surface area (Å²) in [5.74, 6) is 0.330. The zero-order valence-corrected chi connectivity index (χ0v) is 20.0. The van der Waals surface area contributed by atoms with Gasteiger partial charge in [-0.25, -0.2) is 8.42 Å². The molecular formula is C25H32N2O4S. The van der Waals surface area contributed by atoms with E-state index in [0.717, 1.165) is 22.4 Å². The maximum Gasteiger partial charge on any atom is 0.243 e. The van der Waals surface area contributed by atoms with Crippen molar-refractivity contribution in [3.8, 4) is 5.75 Å². The van der Waals surface area contributed by atoms with E-state index in [1.54, 1.807) is 24.3 Å². The van der Waals surface area contributed by atoms with Gasteiger partial charge in [0.05, 0.1) is 16.9 Å². The molecule has 0 radical (unpaired) electrons. The number of ether oxygens (including phenoxy) is 1. The van der Waals surface area contributed by atoms with Crippen molar-refractivity contribution in [1.82, 2.24) is 9.62 Å². The van der Waals surface area contributed by atoms with Crippen molar-refractivity contribution in [3.63, 3.8) is 0 Å². The average Bonchev–Trinajstić information content (AvgIpc) is 2.74. The molecule has 7 heteroatoms. The maximum atomic E-state index is 13.3. The quantitative estimate of drug-likeness (QED) is 0.751. The predicted octanol–water partition coefficient (Wildman–Crippen LogP) is 4.12. The summed E-state index contributed by atoms with van der Waals surface area (Å²) in [7, 11) is -3.62. The highest BCUT2D eigenvalue weighted by atomic mass is 32.2. The number of amides is 1. The second kappa shape index (κ2) is 8.52. The third-order valence-electron chi connectivity index (χ3n) is 6.35. The molecule has 172 valence electrons. The standard InChI is InChI=1S/C25H32N2O4S/c1-17-7-10-20(11-8-17)32(29,30)27-13-5-6-19(16-27)24(28)26-22-15-25(3,4)31-23-12-9-18(2)14-21(22)23/h7-12,14,19,22H,5-6,13,15-16H2,1-4H3,(H,26,28). The van der Waals surface area contributed by atoms with Crippen LogP contribution >= 0.6 is 0 Å². The summed E-state index contributed by atoms with van der Waals surface area (Å²) >= 11 is 0. The molecule has 1 saturated heterocycles. The smallest absolute Gasteiger partial charge is 0.243 e. The molecule has 2 aromatic carbocycles. The van der Waals surface area contributed by atoms with Crippen LogP contribution in [-0.4, -0.2) is 37.3 Å². The van der Waals surface area contributed by atoms with Gasteiger partial charge in [-0.15, -0.1) is 0 Å². The van der Waals surface area contributed by atoms with Gasteiger partial charge in [-0.2, -0.15) is 4.31 Å². The van der Waals surface area contributed by atoms with E-state index in [1.807, 2.05) is 39.8 Å². The second-order valence-corrected chi connectivity index (χ2v) is 11.6. The van der Waals surface area contributed by atoms with E-state index >= 15 is 0 Å². The molecule has 2 aliphatic heterocycles. The van der Waals surface area contributed by atoms with Crippen molar-refractivity contribution in [2.75, 3.05) is 13.1 Å². The SMILES string of the molecule is Cc1ccc(S(=O)(=O)N2CCCC(C(=O)NC3CC(C)(C)Oc4ccc(C)cc43)C2)cc1. The zero-order valence-electron chi connectivity index (χ0n) is 19.2. The summed E-state index contributed by atoms with van der Waals surface area (Å²) in [6.45, 7) is 8.63. The largest absolute Gasteiger partial charge is 0.487 e. The predicted molar refractivity (Wildman–Crippen MR) is 124 cm³/mol. The molecule has 0 aliphatic carbocycles. The summed E-state index contributed by atoms with van der Waals surface area (Å²) < 4.78 is 33.8. The lowest BCUT2D eigenvalue weighted by atomic mass is 9.88. The van der Waals surface area contributed by atoms with Crippen molar-refractivity contribution in [2.45, 2.75) is 63.5 Å². The van der Waals surface area contributed by atoms with Crippen LogP contribution in [0.1, 0.15) is 55.8 Å². The number of benzene rings is 2. The van der Waals surface area contributed by atoms with Crippen LogP contribution in [0.5, 0.6) is 5.75 Å². The Morgan fingerprint density at radius 2 is 1.78 bits per heavy atom. The number of hydrogen-bond donors (Lipinski definition) is 1. The van der Waals surface area contributed by atoms with Crippen molar-refractivity contribution in [3.05, 3.63) is 59.2 Å². The van der Waals surface area contributed by atoms with Gasteiger partial charge in [0.15, 0.2) is 0 Å². The van der Waals surface area contributed by atoms with Crippen LogP contribution in [-0.2, 0) is 14.8 Å². The molecule has 1 fully saturated rings. The molecule has 0 bridgehead atoms. The van der Waals surface area contributed by atoms with Crippen molar-refractivity contribution in [2.24, 2.45) is 5.92 Å². The molecule has 32 heavy (non-hydrogen) atoms. The van der Waals surface area contributed by atoms with Crippen LogP contribution in [0.3, 0.4) is 0 Å². The lowest BCUT2D eigenvalue weighted by Gasteiger charge is -2.39. The molecule has 2 aliphatic rings. The van der Waals surface area contributed by atoms with Gasteiger partial charge in [0.1, 0.15) is 11.4 Å². The van der Waals surface area contributed by atoms with Gasteiger partial charge in [-0.1, -0.05) is 35.4 Å². The second-order valence-electron chi connectivity index (χ2n) is 9.68. The first-order valence-corrected chi connectivity index (χ1v) is 12.7. The number of piperidine rings is 1. The Morgan fingerprint density at radius 3 is 2.50 bits per heavy atom. The first-order valence-electron chi connectivity index (χ1n) is 11.2. The van der Waals surface area contributed by atoms with Gasteiger partial charge in [0.25, 0.3) is 0 Å². The Kier molecular flexibility index (Phi) is 6.07. The summed E-state index contributed by atoms with van der Waals surface area (Å²) in [6, 6.07) is 12.7. The van der Waals surface area contributed by atoms with Gasteiger partial charge in [-0.3, -0.25) is 4.79 Å². The fourth-order valence-electron chi connectivity index (χ4n) is 4.63. The average molecular weight is 457 g/mol. The number of nitrogens with one attached hydrogen (secondary N) is 1. The Morgan fingerprint density at radius 1 is 1.09 bits per heavy atom. The lowest BCUT2D eigenvalue weighted by molar-refractivity contribution is -0.127. The van der Waals surface area contributed by atoms with Crippen molar-refractivity contribution in [1.29, 1.82) is 0 Å². The van der Waals surface area contributed by atoms with Crippen LogP contribution in [0.25, 0.3) is 0 Å². The van der Waals surface area contributed by atoms with E-state index in [2.05, 4.69) is 11.4 Å². The van der Waals surface area contributed by atoms with E-state index in [4.69, 9.17) is 4.74 Å². The monoisotopic (exact) mass is 456 g/mol. The third kappa shape index (κ3) is 4.69. The molecule has 0 aromatic heterocycles. The molecule has 1 amide bonds. The molecule has 6 nitrogen and oxygen atoms in total. The van der Waals surface area contributed by atoms with Gasteiger partial charge in [0, 0.05) is 25.1 Å². The Labute approximate surface area is 191 Å². The lowest BCUT2D eigenvalue weighted by Crippen LogP contribution is -2.48. The van der Waals surface area contributed by atoms with Crippen molar-refractivity contribution >= 4 is 15.9 Å². The molecule has 0 spiro atoms. The number of hydrogen-bond acceptors (Lipinski definition) is 4. The molecule has 2 atom stereocenters. The van der Waals surface area contributed by atoms with Crippen LogP contribution in [0.15, 0.2) is 47.4 Å². The first kappa shape index (κ1) is 22.8. The highest BCUT2D eigenvalue weighted by Crippen LogP contribution is 2.40. The van der Waals surface area contributed by atoms with Crippen LogP contribution in [0.2, 0.25) is 0 Å². The Bertz CT molecular complexity index is 1110. The Balaban J connectivity index is 1.51. The van der Waals surface area contributed by atoms with Gasteiger partial charge in [-0.05, 0) is 58.7 Å². The fourth-order valence-corrected chi connectivity index (χ4v) is 6.15. The van der Waals surface area contributed by atoms with Crippen LogP contribution < -0.4 is 10.1 Å². The fraction of sp³-hybridized carbons (Fsp3) is 0.480.